The normalized spacial score (nSPS) is 9.64. The molecule has 2 heteroatoms. The van der Waals surface area contributed by atoms with Gasteiger partial charge in [0.05, 0.1) is 14.2 Å². The van der Waals surface area contributed by atoms with Gasteiger partial charge in [-0.3, -0.25) is 0 Å². The quantitative estimate of drug-likeness (QED) is 0.785. The minimum Gasteiger partial charge on any atom is -0.497 e. The second-order valence-electron chi connectivity index (χ2n) is 4.83. The van der Waals surface area contributed by atoms with Gasteiger partial charge in [-0.2, -0.15) is 0 Å². The summed E-state index contributed by atoms with van der Waals surface area (Å²) in [6, 6.07) is 11.6. The van der Waals surface area contributed by atoms with E-state index in [-0.39, 0.29) is 0 Å². The lowest BCUT2D eigenvalue weighted by Gasteiger charge is -2.10. The molecule has 0 aliphatic carbocycles. The predicted octanol–water partition coefficient (Wildman–Crippen LogP) is 3.45. The molecular formula is C20H18O2. The molecule has 0 radical (unpaired) electrons. The van der Waals surface area contributed by atoms with Gasteiger partial charge in [0.25, 0.3) is 0 Å². The number of ether oxygens (including phenoxy) is 2. The van der Waals surface area contributed by atoms with Crippen molar-refractivity contribution in [2.45, 2.75) is 12.8 Å². The maximum Gasteiger partial charge on any atom is 0.120 e. The van der Waals surface area contributed by atoms with Crippen molar-refractivity contribution in [2.24, 2.45) is 0 Å². The topological polar surface area (TPSA) is 18.5 Å². The van der Waals surface area contributed by atoms with Crippen molar-refractivity contribution < 1.29 is 9.47 Å². The first-order chi connectivity index (χ1) is 10.7. The van der Waals surface area contributed by atoms with Gasteiger partial charge in [0, 0.05) is 11.1 Å². The lowest BCUT2D eigenvalue weighted by Crippen LogP contribution is -1.98. The van der Waals surface area contributed by atoms with Crippen molar-refractivity contribution in [1.29, 1.82) is 0 Å². The Morgan fingerprint density at radius 1 is 0.773 bits per heavy atom. The van der Waals surface area contributed by atoms with Crippen molar-refractivity contribution in [3.8, 4) is 36.2 Å². The van der Waals surface area contributed by atoms with Crippen LogP contribution in [-0.2, 0) is 12.8 Å². The van der Waals surface area contributed by atoms with Crippen molar-refractivity contribution in [3.63, 3.8) is 0 Å². The van der Waals surface area contributed by atoms with E-state index in [0.717, 1.165) is 46.6 Å². The molecule has 0 atom stereocenters. The van der Waals surface area contributed by atoms with E-state index in [9.17, 15) is 0 Å². The molecule has 110 valence electrons. The maximum atomic E-state index is 5.59. The van der Waals surface area contributed by atoms with Gasteiger partial charge in [0.1, 0.15) is 11.5 Å². The largest absolute Gasteiger partial charge is 0.497 e. The molecular weight excluding hydrogens is 272 g/mol. The zero-order valence-electron chi connectivity index (χ0n) is 12.8. The summed E-state index contributed by atoms with van der Waals surface area (Å²) in [6.45, 7) is 0. The first-order valence-electron chi connectivity index (χ1n) is 6.99. The SMILES string of the molecule is C#Cc1cc(OC)ccc1CCc1cc(OC)ccc1C#C. The molecule has 0 spiro atoms. The fourth-order valence-electron chi connectivity index (χ4n) is 2.35. The van der Waals surface area contributed by atoms with Gasteiger partial charge in [0.15, 0.2) is 0 Å². The van der Waals surface area contributed by atoms with Crippen LogP contribution >= 0.6 is 0 Å². The van der Waals surface area contributed by atoms with Crippen LogP contribution in [0.25, 0.3) is 0 Å². The number of aryl methyl sites for hydroxylation is 2. The van der Waals surface area contributed by atoms with Crippen LogP contribution in [0.15, 0.2) is 36.4 Å². The van der Waals surface area contributed by atoms with E-state index in [0.29, 0.717) is 0 Å². The smallest absolute Gasteiger partial charge is 0.120 e. The summed E-state index contributed by atoms with van der Waals surface area (Å²) >= 11 is 0. The van der Waals surface area contributed by atoms with E-state index in [4.69, 9.17) is 22.3 Å². The number of benzene rings is 2. The fourth-order valence-corrected chi connectivity index (χ4v) is 2.35. The van der Waals surface area contributed by atoms with Gasteiger partial charge in [-0.25, -0.2) is 0 Å². The summed E-state index contributed by atoms with van der Waals surface area (Å²) in [5, 5.41) is 0. The molecule has 0 saturated heterocycles. The van der Waals surface area contributed by atoms with E-state index < -0.39 is 0 Å². The molecule has 2 aromatic rings. The molecule has 0 amide bonds. The van der Waals surface area contributed by atoms with Crippen LogP contribution in [0.2, 0.25) is 0 Å². The second kappa shape index (κ2) is 7.25. The highest BCUT2D eigenvalue weighted by atomic mass is 16.5. The molecule has 22 heavy (non-hydrogen) atoms. The number of rotatable bonds is 5. The Morgan fingerprint density at radius 2 is 1.36 bits per heavy atom. The zero-order chi connectivity index (χ0) is 15.9. The molecule has 0 unspecified atom stereocenters. The molecule has 0 aromatic heterocycles. The monoisotopic (exact) mass is 290 g/mol. The lowest BCUT2D eigenvalue weighted by molar-refractivity contribution is 0.414. The second-order valence-corrected chi connectivity index (χ2v) is 4.83. The van der Waals surface area contributed by atoms with Crippen LogP contribution < -0.4 is 9.47 Å². The molecule has 2 nitrogen and oxygen atoms in total. The van der Waals surface area contributed by atoms with Gasteiger partial charge < -0.3 is 9.47 Å². The van der Waals surface area contributed by atoms with Crippen LogP contribution in [0.1, 0.15) is 22.3 Å². The van der Waals surface area contributed by atoms with Gasteiger partial charge in [0.2, 0.25) is 0 Å². The fraction of sp³-hybridized carbons (Fsp3) is 0.200. The Bertz CT molecular complexity index is 745. The first-order valence-corrected chi connectivity index (χ1v) is 6.99. The number of methoxy groups -OCH3 is 2. The van der Waals surface area contributed by atoms with Gasteiger partial charge in [-0.1, -0.05) is 17.9 Å². The van der Waals surface area contributed by atoms with Crippen LogP contribution in [-0.4, -0.2) is 14.2 Å². The Balaban J connectivity index is 2.24. The van der Waals surface area contributed by atoms with Gasteiger partial charge >= 0.3 is 0 Å². The van der Waals surface area contributed by atoms with Crippen molar-refractivity contribution in [2.75, 3.05) is 14.2 Å². The molecule has 2 aromatic carbocycles. The maximum absolute atomic E-state index is 5.59. The summed E-state index contributed by atoms with van der Waals surface area (Å²) in [6.07, 6.45) is 12.8. The van der Waals surface area contributed by atoms with E-state index in [1.807, 2.05) is 36.4 Å². The predicted molar refractivity (Wildman–Crippen MR) is 89.3 cm³/mol. The van der Waals surface area contributed by atoms with Crippen molar-refractivity contribution in [3.05, 3.63) is 58.7 Å². The van der Waals surface area contributed by atoms with E-state index in [1.54, 1.807) is 14.2 Å². The number of hydrogen-bond donors (Lipinski definition) is 0. The lowest BCUT2D eigenvalue weighted by atomic mass is 9.97. The molecule has 0 bridgehead atoms. The third kappa shape index (κ3) is 3.43. The summed E-state index contributed by atoms with van der Waals surface area (Å²) in [7, 11) is 3.28. The third-order valence-corrected chi connectivity index (χ3v) is 3.60. The third-order valence-electron chi connectivity index (χ3n) is 3.60. The molecule has 2 rings (SSSR count). The Kier molecular flexibility index (Phi) is 5.12. The summed E-state index contributed by atoms with van der Waals surface area (Å²) < 4.78 is 10.5. The van der Waals surface area contributed by atoms with Crippen molar-refractivity contribution >= 4 is 0 Å². The first kappa shape index (κ1) is 15.5. The molecule has 0 fully saturated rings. The summed E-state index contributed by atoms with van der Waals surface area (Å²) in [5.41, 5.74) is 3.93. The Hall–Kier alpha value is -2.84. The highest BCUT2D eigenvalue weighted by Gasteiger charge is 2.07. The van der Waals surface area contributed by atoms with Crippen molar-refractivity contribution in [1.82, 2.24) is 0 Å². The average Bonchev–Trinajstić information content (AvgIpc) is 2.59. The van der Waals surface area contributed by atoms with Crippen LogP contribution in [0.5, 0.6) is 11.5 Å². The standard InChI is InChI=1S/C20H18O2/c1-5-15-9-11-20(22-4)14-18(15)8-7-17-10-12-19(21-3)13-16(17)6-2/h1-2,9-14H,7-8H2,3-4H3. The molecule has 0 N–H and O–H groups in total. The molecule has 0 aliphatic heterocycles. The minimum absolute atomic E-state index is 0.766. The number of terminal acetylenes is 2. The molecule has 0 aliphatic rings. The van der Waals surface area contributed by atoms with E-state index in [1.165, 1.54) is 0 Å². The van der Waals surface area contributed by atoms with Gasteiger partial charge in [-0.15, -0.1) is 12.8 Å². The van der Waals surface area contributed by atoms with Crippen LogP contribution in [0, 0.1) is 24.7 Å². The highest BCUT2D eigenvalue weighted by molar-refractivity contribution is 5.47. The minimum atomic E-state index is 0.766. The van der Waals surface area contributed by atoms with Crippen LogP contribution in [0.4, 0.5) is 0 Å². The van der Waals surface area contributed by atoms with Gasteiger partial charge in [-0.05, 0) is 54.3 Å². The molecule has 0 heterocycles. The van der Waals surface area contributed by atoms with E-state index in [2.05, 4.69) is 11.8 Å². The molecule has 0 saturated carbocycles. The highest BCUT2D eigenvalue weighted by Crippen LogP contribution is 2.22. The summed E-state index contributed by atoms with van der Waals surface area (Å²) in [4.78, 5) is 0. The average molecular weight is 290 g/mol. The van der Waals surface area contributed by atoms with Crippen LogP contribution in [0.3, 0.4) is 0 Å². The Labute approximate surface area is 132 Å². The van der Waals surface area contributed by atoms with E-state index >= 15 is 0 Å². The number of hydrogen-bond acceptors (Lipinski definition) is 2. The summed E-state index contributed by atoms with van der Waals surface area (Å²) in [5.74, 6) is 7.00. The Morgan fingerprint density at radius 3 is 2.00 bits per heavy atom. The zero-order valence-corrected chi connectivity index (χ0v) is 12.8.